The molecule has 1 aliphatic heterocycles. The number of rotatable bonds is 12. The normalized spacial score (nSPS) is 16.1. The van der Waals surface area contributed by atoms with Crippen molar-refractivity contribution in [2.75, 3.05) is 19.6 Å². The zero-order valence-corrected chi connectivity index (χ0v) is 26.1. The Labute approximate surface area is 261 Å². The van der Waals surface area contributed by atoms with E-state index in [2.05, 4.69) is 10.3 Å². The first-order valence-corrected chi connectivity index (χ1v) is 15.2. The zero-order chi connectivity index (χ0) is 32.9. The molecule has 0 saturated carbocycles. The standard InChI is InChI=1S/C33H42F3N5O4/c1-21(25-19-38-26-10-6-5-9-24(25)26)28(29(42)39-27(11-7-8-16-37)30(43)45-32(2,3)4)41-18-17-40(31(41)44)20-22-12-14-23(15-13-22)33(34,35)36/h5-6,9-10,12-15,19,21,27-28,38H,7-8,11,16-18,20,37H2,1-4H3,(H,39,42)/t21-,27+,28+/m0/s1. The molecule has 1 saturated heterocycles. The van der Waals surface area contributed by atoms with Crippen LogP contribution < -0.4 is 11.1 Å². The first kappa shape index (κ1) is 33.8. The van der Waals surface area contributed by atoms with Crippen LogP contribution >= 0.6 is 0 Å². The quantitative estimate of drug-likeness (QED) is 0.179. The van der Waals surface area contributed by atoms with Gasteiger partial charge in [-0.05, 0) is 75.9 Å². The number of H-pyrrole nitrogens is 1. The van der Waals surface area contributed by atoms with Crippen LogP contribution in [0.15, 0.2) is 54.7 Å². The van der Waals surface area contributed by atoms with E-state index in [9.17, 15) is 27.6 Å². The van der Waals surface area contributed by atoms with Gasteiger partial charge >= 0.3 is 18.2 Å². The number of aromatic amines is 1. The lowest BCUT2D eigenvalue weighted by atomic mass is 9.91. The third-order valence-electron chi connectivity index (χ3n) is 7.93. The van der Waals surface area contributed by atoms with Gasteiger partial charge in [-0.2, -0.15) is 13.2 Å². The molecule has 244 valence electrons. The molecule has 1 aromatic heterocycles. The number of para-hydroxylation sites is 1. The third kappa shape index (κ3) is 8.36. The largest absolute Gasteiger partial charge is 0.458 e. The average Bonchev–Trinajstić information content (AvgIpc) is 3.55. The van der Waals surface area contributed by atoms with E-state index in [0.29, 0.717) is 31.4 Å². The Kier molecular flexibility index (Phi) is 10.5. The number of alkyl halides is 3. The molecule has 3 atom stereocenters. The molecule has 0 radical (unpaired) electrons. The van der Waals surface area contributed by atoms with Crippen LogP contribution in [0.5, 0.6) is 0 Å². The molecule has 4 rings (SSSR count). The molecule has 12 heteroatoms. The Hall–Kier alpha value is -4.06. The van der Waals surface area contributed by atoms with Crippen LogP contribution in [0, 0.1) is 0 Å². The summed E-state index contributed by atoms with van der Waals surface area (Å²) in [5.41, 5.74) is 6.38. The van der Waals surface area contributed by atoms with E-state index in [1.165, 1.54) is 21.9 Å². The lowest BCUT2D eigenvalue weighted by Crippen LogP contribution is -2.55. The number of unbranched alkanes of at least 4 members (excludes halogenated alkanes) is 1. The number of carbonyl (C=O) groups is 3. The van der Waals surface area contributed by atoms with Crippen LogP contribution in [0.3, 0.4) is 0 Å². The number of fused-ring (bicyclic) bond motifs is 1. The number of ether oxygens (including phenoxy) is 1. The van der Waals surface area contributed by atoms with Crippen LogP contribution in [-0.2, 0) is 27.0 Å². The summed E-state index contributed by atoms with van der Waals surface area (Å²) in [6, 6.07) is 9.98. The summed E-state index contributed by atoms with van der Waals surface area (Å²) in [5, 5.41) is 3.79. The third-order valence-corrected chi connectivity index (χ3v) is 7.93. The number of esters is 1. The van der Waals surface area contributed by atoms with E-state index in [1.807, 2.05) is 37.4 Å². The van der Waals surface area contributed by atoms with Crippen LogP contribution in [0.1, 0.15) is 69.6 Å². The van der Waals surface area contributed by atoms with Gasteiger partial charge in [-0.3, -0.25) is 4.79 Å². The van der Waals surface area contributed by atoms with Gasteiger partial charge < -0.3 is 30.6 Å². The molecule has 0 unspecified atom stereocenters. The molecular weight excluding hydrogens is 587 g/mol. The molecule has 9 nitrogen and oxygen atoms in total. The van der Waals surface area contributed by atoms with Crippen molar-refractivity contribution in [2.24, 2.45) is 5.73 Å². The lowest BCUT2D eigenvalue weighted by Gasteiger charge is -2.33. The van der Waals surface area contributed by atoms with Crippen molar-refractivity contribution in [2.45, 2.75) is 83.3 Å². The van der Waals surface area contributed by atoms with Crippen molar-refractivity contribution in [3.05, 3.63) is 71.4 Å². The van der Waals surface area contributed by atoms with Crippen LogP contribution in [0.4, 0.5) is 18.0 Å². The number of nitrogens with zero attached hydrogens (tertiary/aromatic N) is 2. The van der Waals surface area contributed by atoms with E-state index in [0.717, 1.165) is 28.6 Å². The maximum atomic E-state index is 14.2. The van der Waals surface area contributed by atoms with E-state index in [-0.39, 0.29) is 19.6 Å². The number of halogens is 3. The van der Waals surface area contributed by atoms with Crippen molar-refractivity contribution in [1.82, 2.24) is 20.1 Å². The van der Waals surface area contributed by atoms with Gasteiger partial charge in [-0.15, -0.1) is 0 Å². The lowest BCUT2D eigenvalue weighted by molar-refractivity contribution is -0.159. The predicted octanol–water partition coefficient (Wildman–Crippen LogP) is 5.55. The Morgan fingerprint density at radius 2 is 1.73 bits per heavy atom. The van der Waals surface area contributed by atoms with Crippen molar-refractivity contribution >= 4 is 28.8 Å². The average molecular weight is 630 g/mol. The van der Waals surface area contributed by atoms with Crippen molar-refractivity contribution in [3.63, 3.8) is 0 Å². The monoisotopic (exact) mass is 629 g/mol. The summed E-state index contributed by atoms with van der Waals surface area (Å²) < 4.78 is 44.8. The number of amides is 3. The Morgan fingerprint density at radius 1 is 1.04 bits per heavy atom. The fourth-order valence-electron chi connectivity index (χ4n) is 5.68. The van der Waals surface area contributed by atoms with Crippen LogP contribution in [0.2, 0.25) is 0 Å². The van der Waals surface area contributed by atoms with E-state index >= 15 is 0 Å². The van der Waals surface area contributed by atoms with Crippen LogP contribution in [0.25, 0.3) is 10.9 Å². The predicted molar refractivity (Wildman–Crippen MR) is 165 cm³/mol. The molecule has 45 heavy (non-hydrogen) atoms. The number of nitrogens with one attached hydrogen (secondary N) is 2. The number of nitrogens with two attached hydrogens (primary N) is 1. The molecule has 2 aromatic carbocycles. The fraction of sp³-hybridized carbons (Fsp3) is 0.485. The minimum atomic E-state index is -4.46. The first-order valence-electron chi connectivity index (χ1n) is 15.2. The molecule has 0 bridgehead atoms. The number of hydrogen-bond donors (Lipinski definition) is 3. The zero-order valence-electron chi connectivity index (χ0n) is 26.1. The second-order valence-corrected chi connectivity index (χ2v) is 12.5. The van der Waals surface area contributed by atoms with Gasteiger partial charge in [-0.1, -0.05) is 37.3 Å². The second kappa shape index (κ2) is 13.9. The van der Waals surface area contributed by atoms with Gasteiger partial charge in [0.15, 0.2) is 0 Å². The smallest absolute Gasteiger partial charge is 0.416 e. The highest BCUT2D eigenvalue weighted by Gasteiger charge is 2.42. The maximum Gasteiger partial charge on any atom is 0.416 e. The van der Waals surface area contributed by atoms with Gasteiger partial charge in [0, 0.05) is 42.7 Å². The molecule has 1 aliphatic rings. The summed E-state index contributed by atoms with van der Waals surface area (Å²) in [6.07, 6.45) is -1.07. The second-order valence-electron chi connectivity index (χ2n) is 12.5. The summed E-state index contributed by atoms with van der Waals surface area (Å²) in [4.78, 5) is 47.4. The molecule has 0 aliphatic carbocycles. The van der Waals surface area contributed by atoms with Gasteiger partial charge in [0.25, 0.3) is 0 Å². The van der Waals surface area contributed by atoms with Crippen molar-refractivity contribution in [3.8, 4) is 0 Å². The van der Waals surface area contributed by atoms with E-state index in [1.54, 1.807) is 20.8 Å². The van der Waals surface area contributed by atoms with Gasteiger partial charge in [0.05, 0.1) is 5.56 Å². The number of benzene rings is 2. The molecule has 3 aromatic rings. The van der Waals surface area contributed by atoms with Gasteiger partial charge in [-0.25, -0.2) is 9.59 Å². The minimum absolute atomic E-state index is 0.0862. The molecule has 4 N–H and O–H groups in total. The van der Waals surface area contributed by atoms with Crippen molar-refractivity contribution in [1.29, 1.82) is 0 Å². The summed E-state index contributed by atoms with van der Waals surface area (Å²) in [5.74, 6) is -1.55. The van der Waals surface area contributed by atoms with E-state index < -0.39 is 53.2 Å². The number of carbonyl (C=O) groups excluding carboxylic acids is 3. The highest BCUT2D eigenvalue weighted by Crippen LogP contribution is 2.33. The number of aromatic nitrogens is 1. The Bertz CT molecular complexity index is 1480. The molecule has 3 amide bonds. The summed E-state index contributed by atoms with van der Waals surface area (Å²) in [6.45, 7) is 8.13. The molecule has 1 fully saturated rings. The molecular formula is C33H42F3N5O4. The highest BCUT2D eigenvalue weighted by molar-refractivity contribution is 5.93. The van der Waals surface area contributed by atoms with Gasteiger partial charge in [0.2, 0.25) is 5.91 Å². The Balaban J connectivity index is 1.62. The summed E-state index contributed by atoms with van der Waals surface area (Å²) in [7, 11) is 0. The summed E-state index contributed by atoms with van der Waals surface area (Å²) >= 11 is 0. The highest BCUT2D eigenvalue weighted by atomic mass is 19.4. The molecule has 0 spiro atoms. The Morgan fingerprint density at radius 3 is 2.38 bits per heavy atom. The van der Waals surface area contributed by atoms with Crippen LogP contribution in [-0.4, -0.2) is 70.0 Å². The van der Waals surface area contributed by atoms with Gasteiger partial charge in [0.1, 0.15) is 17.7 Å². The van der Waals surface area contributed by atoms with Crippen molar-refractivity contribution < 1.29 is 32.3 Å². The SMILES string of the molecule is C[C@@H](c1c[nH]c2ccccc12)[C@H](C(=O)N[C@H](CCCCN)C(=O)OC(C)(C)C)N1CCN(Cc2ccc(C(F)(F)F)cc2)C1=O. The fourth-order valence-corrected chi connectivity index (χ4v) is 5.68. The van der Waals surface area contributed by atoms with E-state index in [4.69, 9.17) is 10.5 Å². The topological polar surface area (TPSA) is 121 Å². The first-order chi connectivity index (χ1) is 21.2. The number of urea groups is 1. The minimum Gasteiger partial charge on any atom is -0.458 e. The maximum absolute atomic E-state index is 14.2. The number of hydrogen-bond acceptors (Lipinski definition) is 5. The molecule has 2 heterocycles.